The summed E-state index contributed by atoms with van der Waals surface area (Å²) in [5.74, 6) is -0.717. The Hall–Kier alpha value is -3.61. The number of carbonyl (C=O) groups excluding carboxylic acids is 3. The van der Waals surface area contributed by atoms with Crippen LogP contribution in [0.15, 0.2) is 83.9 Å². The van der Waals surface area contributed by atoms with E-state index in [0.29, 0.717) is 22.0 Å². The molecule has 2 heterocycles. The predicted molar refractivity (Wildman–Crippen MR) is 145 cm³/mol. The van der Waals surface area contributed by atoms with Crippen molar-refractivity contribution in [1.82, 2.24) is 9.47 Å². The number of carbonyl (C=O) groups is 3. The quantitative estimate of drug-likeness (QED) is 0.200. The van der Waals surface area contributed by atoms with Crippen molar-refractivity contribution in [2.45, 2.75) is 19.9 Å². The first kappa shape index (κ1) is 24.1. The van der Waals surface area contributed by atoms with Gasteiger partial charge in [0.25, 0.3) is 11.1 Å². The molecule has 3 aromatic carbocycles. The van der Waals surface area contributed by atoms with Crippen LogP contribution in [0.2, 0.25) is 5.02 Å². The molecule has 7 heteroatoms. The number of amides is 2. The van der Waals surface area contributed by atoms with Gasteiger partial charge in [0.05, 0.1) is 17.0 Å². The number of imide groups is 1. The number of aromatic nitrogens is 1. The van der Waals surface area contributed by atoms with Gasteiger partial charge in [0.2, 0.25) is 0 Å². The number of Topliss-reactive ketones (excluding diaryl/α,β-unsaturated/α-hetero) is 1. The summed E-state index contributed by atoms with van der Waals surface area (Å²) in [4.78, 5) is 39.7. The van der Waals surface area contributed by atoms with Gasteiger partial charge in [0, 0.05) is 34.3 Å². The Morgan fingerprint density at radius 1 is 0.972 bits per heavy atom. The van der Waals surface area contributed by atoms with Crippen LogP contribution in [0.4, 0.5) is 4.79 Å². The van der Waals surface area contributed by atoms with Crippen LogP contribution < -0.4 is 0 Å². The van der Waals surface area contributed by atoms with Crippen LogP contribution in [0.25, 0.3) is 17.0 Å². The molecule has 4 aromatic rings. The minimum absolute atomic E-state index is 0.272. The molecule has 5 nitrogen and oxygen atoms in total. The lowest BCUT2D eigenvalue weighted by molar-refractivity contribution is -0.122. The number of nitrogens with zero attached hydrogens (tertiary/aromatic N) is 2. The molecule has 1 aliphatic rings. The average molecular weight is 515 g/mol. The molecule has 0 bridgehead atoms. The second kappa shape index (κ2) is 10.2. The van der Waals surface area contributed by atoms with E-state index < -0.39 is 11.1 Å². The van der Waals surface area contributed by atoms with E-state index in [9.17, 15) is 14.4 Å². The molecule has 0 unspecified atom stereocenters. The second-order valence-electron chi connectivity index (χ2n) is 8.56. The van der Waals surface area contributed by atoms with Crippen molar-refractivity contribution in [2.75, 3.05) is 6.54 Å². The summed E-state index contributed by atoms with van der Waals surface area (Å²) in [6.45, 7) is 2.49. The molecular weight excluding hydrogens is 492 g/mol. The molecule has 0 saturated carbocycles. The van der Waals surface area contributed by atoms with Crippen molar-refractivity contribution in [2.24, 2.45) is 0 Å². The van der Waals surface area contributed by atoms with E-state index in [4.69, 9.17) is 11.6 Å². The highest BCUT2D eigenvalue weighted by atomic mass is 35.5. The third kappa shape index (κ3) is 4.74. The van der Waals surface area contributed by atoms with Crippen molar-refractivity contribution in [3.63, 3.8) is 0 Å². The molecule has 180 valence electrons. The molecule has 1 aliphatic heterocycles. The fraction of sp³-hybridized carbons (Fsp3) is 0.138. The molecule has 0 N–H and O–H groups in total. The standard InChI is InChI=1S/C29H23ClN2O3S/c1-2-20-9-6-10-24-22(17-31(27(20)24)16-19-11-13-23(30)14-12-19)15-26-28(34)32(29(35)36-26)18-25(33)21-7-4-3-5-8-21/h3-15,17H,2,16,18H2,1H3/b26-15-. The molecule has 1 fully saturated rings. The Bertz CT molecular complexity index is 1510. The molecule has 0 aliphatic carbocycles. The number of halogens is 1. The topological polar surface area (TPSA) is 59.4 Å². The molecule has 2 amide bonds. The van der Waals surface area contributed by atoms with E-state index in [2.05, 4.69) is 17.6 Å². The van der Waals surface area contributed by atoms with E-state index in [1.807, 2.05) is 48.7 Å². The summed E-state index contributed by atoms with van der Waals surface area (Å²) in [6.07, 6.45) is 4.64. The minimum Gasteiger partial charge on any atom is -0.342 e. The summed E-state index contributed by atoms with van der Waals surface area (Å²) in [6, 6.07) is 22.6. The zero-order chi connectivity index (χ0) is 25.2. The van der Waals surface area contributed by atoms with Gasteiger partial charge in [-0.2, -0.15) is 0 Å². The molecule has 1 aromatic heterocycles. The lowest BCUT2D eigenvalue weighted by Crippen LogP contribution is -2.33. The maximum absolute atomic E-state index is 13.1. The van der Waals surface area contributed by atoms with Crippen LogP contribution in [-0.2, 0) is 17.8 Å². The van der Waals surface area contributed by atoms with Gasteiger partial charge in [-0.05, 0) is 47.5 Å². The van der Waals surface area contributed by atoms with E-state index in [1.165, 1.54) is 5.56 Å². The molecule has 0 spiro atoms. The van der Waals surface area contributed by atoms with Gasteiger partial charge in [0.1, 0.15) is 0 Å². The average Bonchev–Trinajstić information content (AvgIpc) is 3.37. The monoisotopic (exact) mass is 514 g/mol. The van der Waals surface area contributed by atoms with Crippen LogP contribution >= 0.6 is 23.4 Å². The summed E-state index contributed by atoms with van der Waals surface area (Å²) in [7, 11) is 0. The first-order valence-electron chi connectivity index (χ1n) is 11.6. The number of aryl methyl sites for hydroxylation is 1. The van der Waals surface area contributed by atoms with Crippen molar-refractivity contribution < 1.29 is 14.4 Å². The number of thioether (sulfide) groups is 1. The van der Waals surface area contributed by atoms with Crippen LogP contribution in [0.3, 0.4) is 0 Å². The predicted octanol–water partition coefficient (Wildman–Crippen LogP) is 6.82. The smallest absolute Gasteiger partial charge is 0.293 e. The highest BCUT2D eigenvalue weighted by Gasteiger charge is 2.36. The van der Waals surface area contributed by atoms with Gasteiger partial charge < -0.3 is 4.57 Å². The lowest BCUT2D eigenvalue weighted by atomic mass is 10.1. The number of rotatable bonds is 7. The minimum atomic E-state index is -0.445. The zero-order valence-electron chi connectivity index (χ0n) is 19.6. The molecule has 0 atom stereocenters. The maximum Gasteiger partial charge on any atom is 0.293 e. The van der Waals surface area contributed by atoms with E-state index in [-0.39, 0.29) is 12.3 Å². The Balaban J connectivity index is 1.48. The number of hydrogen-bond donors (Lipinski definition) is 0. The third-order valence-corrected chi connectivity index (χ3v) is 7.38. The largest absolute Gasteiger partial charge is 0.342 e. The third-order valence-electron chi connectivity index (χ3n) is 6.22. The van der Waals surface area contributed by atoms with Crippen molar-refractivity contribution >= 4 is 57.3 Å². The summed E-state index contributed by atoms with van der Waals surface area (Å²) in [5.41, 5.74) is 4.72. The van der Waals surface area contributed by atoms with Gasteiger partial charge >= 0.3 is 0 Å². The van der Waals surface area contributed by atoms with Crippen LogP contribution in [0, 0.1) is 0 Å². The van der Waals surface area contributed by atoms with Crippen LogP contribution in [0.1, 0.15) is 34.0 Å². The second-order valence-corrected chi connectivity index (χ2v) is 9.99. The Kier molecular flexibility index (Phi) is 6.81. The van der Waals surface area contributed by atoms with Crippen molar-refractivity contribution in [1.29, 1.82) is 0 Å². The normalized spacial score (nSPS) is 14.8. The van der Waals surface area contributed by atoms with Crippen LogP contribution in [-0.4, -0.2) is 32.9 Å². The fourth-order valence-electron chi connectivity index (χ4n) is 4.41. The van der Waals surface area contributed by atoms with Crippen molar-refractivity contribution in [3.8, 4) is 0 Å². The molecule has 5 rings (SSSR count). The van der Waals surface area contributed by atoms with Gasteiger partial charge in [-0.1, -0.05) is 79.2 Å². The number of fused-ring (bicyclic) bond motifs is 1. The molecular formula is C29H23ClN2O3S. The Morgan fingerprint density at radius 2 is 1.72 bits per heavy atom. The number of ketones is 1. The summed E-state index contributed by atoms with van der Waals surface area (Å²) in [5, 5.41) is 1.26. The molecule has 1 saturated heterocycles. The van der Waals surface area contributed by atoms with Gasteiger partial charge in [-0.25, -0.2) is 0 Å². The molecule has 0 radical (unpaired) electrons. The number of hydrogen-bond acceptors (Lipinski definition) is 4. The highest BCUT2D eigenvalue weighted by Crippen LogP contribution is 2.35. The van der Waals surface area contributed by atoms with Gasteiger partial charge in [-0.15, -0.1) is 0 Å². The zero-order valence-corrected chi connectivity index (χ0v) is 21.2. The lowest BCUT2D eigenvalue weighted by Gasteiger charge is -2.11. The maximum atomic E-state index is 13.1. The van der Waals surface area contributed by atoms with E-state index in [0.717, 1.165) is 45.1 Å². The van der Waals surface area contributed by atoms with Gasteiger partial charge in [-0.3, -0.25) is 19.3 Å². The van der Waals surface area contributed by atoms with Gasteiger partial charge in [0.15, 0.2) is 5.78 Å². The van der Waals surface area contributed by atoms with E-state index >= 15 is 0 Å². The summed E-state index contributed by atoms with van der Waals surface area (Å²) < 4.78 is 2.17. The fourth-order valence-corrected chi connectivity index (χ4v) is 5.37. The van der Waals surface area contributed by atoms with Crippen molar-refractivity contribution in [3.05, 3.63) is 111 Å². The first-order chi connectivity index (χ1) is 17.4. The molecule has 36 heavy (non-hydrogen) atoms. The number of benzene rings is 3. The summed E-state index contributed by atoms with van der Waals surface area (Å²) >= 11 is 6.93. The first-order valence-corrected chi connectivity index (χ1v) is 12.8. The highest BCUT2D eigenvalue weighted by molar-refractivity contribution is 8.18. The van der Waals surface area contributed by atoms with Crippen LogP contribution in [0.5, 0.6) is 0 Å². The SMILES string of the molecule is CCc1cccc2c(/C=C3\SC(=O)N(CC(=O)c4ccccc4)C3=O)cn(Cc3ccc(Cl)cc3)c12. The Labute approximate surface area is 218 Å². The van der Waals surface area contributed by atoms with E-state index in [1.54, 1.807) is 30.3 Å². The number of para-hydroxylation sites is 1. The Morgan fingerprint density at radius 3 is 2.44 bits per heavy atom.